The Labute approximate surface area is 66.3 Å². The van der Waals surface area contributed by atoms with Crippen LogP contribution in [0.1, 0.15) is 25.7 Å². The third-order valence-electron chi connectivity index (χ3n) is 2.43. The molecule has 0 aromatic carbocycles. The monoisotopic (exact) mass is 158 g/mol. The second-order valence-corrected chi connectivity index (χ2v) is 3.36. The molecule has 3 heteroatoms. The van der Waals surface area contributed by atoms with Crippen molar-refractivity contribution in [2.75, 3.05) is 13.2 Å². The van der Waals surface area contributed by atoms with Crippen molar-refractivity contribution in [2.24, 2.45) is 0 Å². The van der Waals surface area contributed by atoms with E-state index in [0.717, 1.165) is 25.9 Å². The molecule has 3 nitrogen and oxygen atoms in total. The molecule has 2 saturated heterocycles. The molecule has 2 heterocycles. The van der Waals surface area contributed by atoms with Crippen molar-refractivity contribution in [3.8, 4) is 0 Å². The van der Waals surface area contributed by atoms with Gasteiger partial charge in [0, 0.05) is 12.8 Å². The molecule has 64 valence electrons. The molecule has 2 rings (SSSR count). The summed E-state index contributed by atoms with van der Waals surface area (Å²) >= 11 is 0. The van der Waals surface area contributed by atoms with Crippen molar-refractivity contribution < 1.29 is 14.6 Å². The van der Waals surface area contributed by atoms with Gasteiger partial charge in [0.1, 0.15) is 0 Å². The van der Waals surface area contributed by atoms with Gasteiger partial charge in [-0.2, -0.15) is 0 Å². The van der Waals surface area contributed by atoms with Crippen LogP contribution in [0.4, 0.5) is 0 Å². The minimum absolute atomic E-state index is 0.221. The zero-order valence-electron chi connectivity index (χ0n) is 6.58. The van der Waals surface area contributed by atoms with Crippen LogP contribution in [0, 0.1) is 0 Å². The summed E-state index contributed by atoms with van der Waals surface area (Å²) in [6.45, 7) is 1.42. The summed E-state index contributed by atoms with van der Waals surface area (Å²) in [6.07, 6.45) is 3.20. The van der Waals surface area contributed by atoms with Crippen LogP contribution in [0.25, 0.3) is 0 Å². The number of aliphatic hydroxyl groups excluding tert-OH is 1. The summed E-state index contributed by atoms with van der Waals surface area (Å²) < 4.78 is 11.0. The predicted octanol–water partition coefficient (Wildman–Crippen LogP) is 0.664. The fraction of sp³-hybridized carbons (Fsp3) is 1.00. The van der Waals surface area contributed by atoms with E-state index in [4.69, 9.17) is 9.47 Å². The molecule has 2 aliphatic heterocycles. The minimum atomic E-state index is -0.405. The van der Waals surface area contributed by atoms with Crippen LogP contribution in [0.2, 0.25) is 0 Å². The molecule has 0 unspecified atom stereocenters. The summed E-state index contributed by atoms with van der Waals surface area (Å²) in [4.78, 5) is 0. The molecule has 0 bridgehead atoms. The Balaban J connectivity index is 2.00. The van der Waals surface area contributed by atoms with Crippen LogP contribution in [0.15, 0.2) is 0 Å². The van der Waals surface area contributed by atoms with Crippen molar-refractivity contribution in [1.82, 2.24) is 0 Å². The van der Waals surface area contributed by atoms with Crippen LogP contribution in [0.3, 0.4) is 0 Å². The molecule has 1 spiro atoms. The number of hydrogen-bond acceptors (Lipinski definition) is 3. The maximum atomic E-state index is 9.37. The summed E-state index contributed by atoms with van der Waals surface area (Å²) in [6, 6.07) is 0. The van der Waals surface area contributed by atoms with Gasteiger partial charge in [-0.25, -0.2) is 0 Å². The van der Waals surface area contributed by atoms with Crippen LogP contribution >= 0.6 is 0 Å². The molecule has 0 radical (unpaired) electrons. The van der Waals surface area contributed by atoms with Gasteiger partial charge < -0.3 is 14.6 Å². The lowest BCUT2D eigenvalue weighted by Gasteiger charge is -2.35. The van der Waals surface area contributed by atoms with E-state index in [9.17, 15) is 5.11 Å². The normalized spacial score (nSPS) is 45.0. The van der Waals surface area contributed by atoms with Crippen LogP contribution in [-0.4, -0.2) is 30.2 Å². The van der Waals surface area contributed by atoms with E-state index in [1.807, 2.05) is 0 Å². The highest BCUT2D eigenvalue weighted by Gasteiger charge is 2.40. The van der Waals surface area contributed by atoms with Gasteiger partial charge >= 0.3 is 0 Å². The van der Waals surface area contributed by atoms with Crippen LogP contribution < -0.4 is 0 Å². The highest BCUT2D eigenvalue weighted by Crippen LogP contribution is 2.35. The molecule has 2 fully saturated rings. The van der Waals surface area contributed by atoms with Crippen molar-refractivity contribution in [2.45, 2.75) is 37.6 Å². The zero-order chi connectivity index (χ0) is 7.73. The van der Waals surface area contributed by atoms with E-state index in [-0.39, 0.29) is 6.10 Å². The minimum Gasteiger partial charge on any atom is -0.393 e. The van der Waals surface area contributed by atoms with Crippen molar-refractivity contribution in [3.05, 3.63) is 0 Å². The fourth-order valence-electron chi connectivity index (χ4n) is 1.85. The van der Waals surface area contributed by atoms with Gasteiger partial charge in [0.15, 0.2) is 5.79 Å². The average Bonchev–Trinajstić information content (AvgIpc) is 2.37. The summed E-state index contributed by atoms with van der Waals surface area (Å²) in [7, 11) is 0. The molecule has 2 atom stereocenters. The van der Waals surface area contributed by atoms with Gasteiger partial charge in [-0.05, 0) is 12.8 Å². The summed E-state index contributed by atoms with van der Waals surface area (Å²) in [5.41, 5.74) is 0. The number of aliphatic hydroxyl groups is 1. The zero-order valence-corrected chi connectivity index (χ0v) is 6.58. The van der Waals surface area contributed by atoms with Crippen molar-refractivity contribution in [1.29, 1.82) is 0 Å². The van der Waals surface area contributed by atoms with E-state index in [2.05, 4.69) is 0 Å². The highest BCUT2D eigenvalue weighted by atomic mass is 16.7. The first-order valence-corrected chi connectivity index (χ1v) is 4.27. The third kappa shape index (κ3) is 1.41. The van der Waals surface area contributed by atoms with E-state index < -0.39 is 5.79 Å². The Morgan fingerprint density at radius 1 is 1.27 bits per heavy atom. The molecule has 0 aromatic heterocycles. The largest absolute Gasteiger partial charge is 0.393 e. The highest BCUT2D eigenvalue weighted by molar-refractivity contribution is 4.82. The molecule has 0 aromatic rings. The second-order valence-electron chi connectivity index (χ2n) is 3.36. The maximum absolute atomic E-state index is 9.37. The molecular formula is C8H14O3. The lowest BCUT2D eigenvalue weighted by molar-refractivity contribution is -0.247. The van der Waals surface area contributed by atoms with Crippen molar-refractivity contribution >= 4 is 0 Å². The number of hydrogen-bond donors (Lipinski definition) is 1. The smallest absolute Gasteiger partial charge is 0.170 e. The van der Waals surface area contributed by atoms with E-state index in [1.54, 1.807) is 0 Å². The maximum Gasteiger partial charge on any atom is 0.170 e. The van der Waals surface area contributed by atoms with E-state index in [1.165, 1.54) is 0 Å². The lowest BCUT2D eigenvalue weighted by Crippen LogP contribution is -2.41. The van der Waals surface area contributed by atoms with Crippen molar-refractivity contribution in [3.63, 3.8) is 0 Å². The van der Waals surface area contributed by atoms with Gasteiger partial charge in [0.25, 0.3) is 0 Å². The van der Waals surface area contributed by atoms with Gasteiger partial charge in [-0.15, -0.1) is 0 Å². The first-order valence-electron chi connectivity index (χ1n) is 4.27. The Bertz CT molecular complexity index is 140. The second kappa shape index (κ2) is 2.73. The quantitative estimate of drug-likeness (QED) is 0.563. The SMILES string of the molecule is O[C@H]1CCO[C@@]2(CCCO2)C1. The molecule has 0 saturated carbocycles. The van der Waals surface area contributed by atoms with Gasteiger partial charge in [0.05, 0.1) is 19.3 Å². The Hall–Kier alpha value is -0.120. The lowest BCUT2D eigenvalue weighted by atomic mass is 10.0. The molecule has 1 N–H and O–H groups in total. The predicted molar refractivity (Wildman–Crippen MR) is 39.1 cm³/mol. The molecular weight excluding hydrogens is 144 g/mol. The van der Waals surface area contributed by atoms with Crippen LogP contribution in [-0.2, 0) is 9.47 Å². The van der Waals surface area contributed by atoms with E-state index >= 15 is 0 Å². The first kappa shape index (κ1) is 7.53. The fourth-order valence-corrected chi connectivity index (χ4v) is 1.85. The molecule has 2 aliphatic rings. The van der Waals surface area contributed by atoms with E-state index in [0.29, 0.717) is 13.0 Å². The van der Waals surface area contributed by atoms with Crippen LogP contribution in [0.5, 0.6) is 0 Å². The Morgan fingerprint density at radius 3 is 2.73 bits per heavy atom. The third-order valence-corrected chi connectivity index (χ3v) is 2.43. The summed E-state index contributed by atoms with van der Waals surface area (Å²) in [5.74, 6) is -0.405. The standard InChI is InChI=1S/C8H14O3/c9-7-2-5-11-8(6-7)3-1-4-10-8/h7,9H,1-6H2/t7-,8-/m0/s1. The Morgan fingerprint density at radius 2 is 2.09 bits per heavy atom. The van der Waals surface area contributed by atoms with Gasteiger partial charge in [-0.1, -0.05) is 0 Å². The topological polar surface area (TPSA) is 38.7 Å². The number of rotatable bonds is 0. The molecule has 11 heavy (non-hydrogen) atoms. The average molecular weight is 158 g/mol. The van der Waals surface area contributed by atoms with Gasteiger partial charge in [0.2, 0.25) is 0 Å². The Kier molecular flexibility index (Phi) is 1.87. The first-order chi connectivity index (χ1) is 5.31. The molecule has 0 aliphatic carbocycles. The molecule has 0 amide bonds. The summed E-state index contributed by atoms with van der Waals surface area (Å²) in [5, 5.41) is 9.37. The van der Waals surface area contributed by atoms with Gasteiger partial charge in [-0.3, -0.25) is 0 Å². The number of ether oxygens (including phenoxy) is 2.